The predicted octanol–water partition coefficient (Wildman–Crippen LogP) is 5.26. The van der Waals surface area contributed by atoms with Crippen molar-refractivity contribution in [3.8, 4) is 0 Å². The highest BCUT2D eigenvalue weighted by atomic mass is 32.1. The lowest BCUT2D eigenvalue weighted by Crippen LogP contribution is -2.10. The molecule has 0 saturated heterocycles. The Kier molecular flexibility index (Phi) is 6.79. The zero-order valence-corrected chi connectivity index (χ0v) is 17.7. The molecule has 0 saturated carbocycles. The van der Waals surface area contributed by atoms with Gasteiger partial charge < -0.3 is 9.67 Å². The molecular weight excluding hydrogens is 402 g/mol. The van der Waals surface area contributed by atoms with E-state index in [2.05, 4.69) is 11.9 Å². The van der Waals surface area contributed by atoms with Gasteiger partial charge >= 0.3 is 5.97 Å². The summed E-state index contributed by atoms with van der Waals surface area (Å²) in [6.07, 6.45) is 4.41. The number of nitro benzene ring substituents is 1. The van der Waals surface area contributed by atoms with Gasteiger partial charge in [0.05, 0.1) is 22.4 Å². The van der Waals surface area contributed by atoms with Crippen LogP contribution >= 0.6 is 11.3 Å². The minimum atomic E-state index is -0.992. The maximum atomic E-state index is 12.0. The number of carboxylic acid groups (broad SMARTS) is 1. The lowest BCUT2D eigenvalue weighted by molar-refractivity contribution is -0.384. The number of non-ortho nitro benzene ring substituents is 1. The number of hydrogen-bond acceptors (Lipinski definition) is 5. The first-order valence-electron chi connectivity index (χ1n) is 9.68. The number of aromatic nitrogens is 2. The molecule has 3 rings (SSSR count). The summed E-state index contributed by atoms with van der Waals surface area (Å²) < 4.78 is 1.97. The molecule has 1 N–H and O–H groups in total. The van der Waals surface area contributed by atoms with Gasteiger partial charge in [-0.25, -0.2) is 9.78 Å². The van der Waals surface area contributed by atoms with Crippen LogP contribution in [0.25, 0.3) is 11.1 Å². The fraction of sp³-hybridized carbons (Fsp3) is 0.273. The number of aliphatic carboxylic acids is 1. The number of carbonyl (C=O) groups is 1. The van der Waals surface area contributed by atoms with E-state index in [0.29, 0.717) is 22.7 Å². The summed E-state index contributed by atoms with van der Waals surface area (Å²) in [5.41, 5.74) is 2.36. The number of unbranched alkanes of at least 4 members (excludes halogenated alkanes) is 1. The van der Waals surface area contributed by atoms with Crippen molar-refractivity contribution in [2.75, 3.05) is 0 Å². The molecule has 0 aliphatic rings. The number of hydrogen-bond donors (Lipinski definition) is 1. The molecule has 0 aliphatic heterocycles. The van der Waals surface area contributed by atoms with Crippen molar-refractivity contribution < 1.29 is 14.8 Å². The Bertz CT molecular complexity index is 1080. The molecule has 8 heteroatoms. The molecule has 3 aromatic rings. The molecule has 2 heterocycles. The van der Waals surface area contributed by atoms with Gasteiger partial charge in [-0.2, -0.15) is 0 Å². The maximum Gasteiger partial charge on any atom is 0.337 e. The predicted molar refractivity (Wildman–Crippen MR) is 117 cm³/mol. The van der Waals surface area contributed by atoms with Gasteiger partial charge in [0.2, 0.25) is 0 Å². The van der Waals surface area contributed by atoms with E-state index in [1.54, 1.807) is 31.3 Å². The molecule has 0 amide bonds. The zero-order valence-electron chi connectivity index (χ0n) is 16.9. The molecule has 0 spiro atoms. The van der Waals surface area contributed by atoms with Crippen molar-refractivity contribution in [2.24, 2.45) is 0 Å². The van der Waals surface area contributed by atoms with Crippen LogP contribution in [-0.4, -0.2) is 25.6 Å². The number of allylic oxidation sites excluding steroid dienone is 1. The molecule has 0 radical (unpaired) electrons. The van der Waals surface area contributed by atoms with Gasteiger partial charge in [-0.3, -0.25) is 10.1 Å². The Balaban J connectivity index is 2.10. The van der Waals surface area contributed by atoms with Crippen molar-refractivity contribution in [3.05, 3.63) is 80.0 Å². The van der Waals surface area contributed by atoms with E-state index in [1.807, 2.05) is 22.1 Å². The highest BCUT2D eigenvalue weighted by molar-refractivity contribution is 7.11. The van der Waals surface area contributed by atoms with Crippen LogP contribution in [0.5, 0.6) is 0 Å². The van der Waals surface area contributed by atoms with Crippen molar-refractivity contribution >= 4 is 34.1 Å². The van der Waals surface area contributed by atoms with Crippen molar-refractivity contribution in [1.29, 1.82) is 0 Å². The van der Waals surface area contributed by atoms with E-state index in [9.17, 15) is 20.0 Å². The summed E-state index contributed by atoms with van der Waals surface area (Å²) >= 11 is 1.37. The molecule has 7 nitrogen and oxygen atoms in total. The largest absolute Gasteiger partial charge is 0.478 e. The summed E-state index contributed by atoms with van der Waals surface area (Å²) in [6, 6.07) is 10.1. The quantitative estimate of drug-likeness (QED) is 0.286. The fourth-order valence-corrected chi connectivity index (χ4v) is 4.19. The average Bonchev–Trinajstić information content (AvgIpc) is 3.37. The van der Waals surface area contributed by atoms with Gasteiger partial charge in [0.1, 0.15) is 5.82 Å². The summed E-state index contributed by atoms with van der Waals surface area (Å²) in [6.45, 7) is 4.26. The first kappa shape index (κ1) is 21.4. The maximum absolute atomic E-state index is 12.0. The molecule has 156 valence electrons. The third kappa shape index (κ3) is 4.65. The fourth-order valence-electron chi connectivity index (χ4n) is 3.37. The summed E-state index contributed by atoms with van der Waals surface area (Å²) in [4.78, 5) is 28.0. The van der Waals surface area contributed by atoms with E-state index in [4.69, 9.17) is 0 Å². The van der Waals surface area contributed by atoms with E-state index >= 15 is 0 Å². The van der Waals surface area contributed by atoms with Crippen LogP contribution in [0.2, 0.25) is 0 Å². The van der Waals surface area contributed by atoms with Crippen LogP contribution in [0, 0.1) is 10.1 Å². The van der Waals surface area contributed by atoms with Gasteiger partial charge in [-0.15, -0.1) is 11.3 Å². The second-order valence-corrected chi connectivity index (χ2v) is 7.91. The third-order valence-electron chi connectivity index (χ3n) is 4.89. The van der Waals surface area contributed by atoms with Crippen molar-refractivity contribution in [3.63, 3.8) is 0 Å². The number of aryl methyl sites for hydroxylation is 1. The SMILES string of the molecule is CCCCc1ncc(/C(C)=C(\C(=O)O)c2cccs2)n1Cc1cccc([N+](=O)[O-])c1. The molecule has 1 aromatic carbocycles. The van der Waals surface area contributed by atoms with E-state index in [0.717, 1.165) is 30.7 Å². The summed E-state index contributed by atoms with van der Waals surface area (Å²) in [5.74, 6) is -0.151. The Morgan fingerprint density at radius 3 is 2.73 bits per heavy atom. The number of nitrogens with zero attached hydrogens (tertiary/aromatic N) is 3. The zero-order chi connectivity index (χ0) is 21.7. The second-order valence-electron chi connectivity index (χ2n) is 6.96. The molecule has 30 heavy (non-hydrogen) atoms. The van der Waals surface area contributed by atoms with Gasteiger partial charge in [0.15, 0.2) is 0 Å². The standard InChI is InChI=1S/C22H23N3O4S/c1-3-4-10-20-23-13-18(15(2)21(22(26)27)19-9-6-11-30-19)24(20)14-16-7-5-8-17(12-16)25(28)29/h5-9,11-13H,3-4,10,14H2,1-2H3,(H,26,27)/b21-15-. The van der Waals surface area contributed by atoms with E-state index < -0.39 is 10.9 Å². The molecule has 0 unspecified atom stereocenters. The number of carboxylic acids is 1. The lowest BCUT2D eigenvalue weighted by atomic mass is 10.0. The van der Waals surface area contributed by atoms with Gasteiger partial charge in [0.25, 0.3) is 5.69 Å². The molecule has 0 bridgehead atoms. The van der Waals surface area contributed by atoms with E-state index in [1.165, 1.54) is 17.4 Å². The Morgan fingerprint density at radius 1 is 1.30 bits per heavy atom. The second kappa shape index (κ2) is 9.49. The molecule has 0 fully saturated rings. The highest BCUT2D eigenvalue weighted by Crippen LogP contribution is 2.30. The number of rotatable bonds is 9. The molecular formula is C22H23N3O4S. The van der Waals surface area contributed by atoms with E-state index in [-0.39, 0.29) is 11.3 Å². The Morgan fingerprint density at radius 2 is 2.10 bits per heavy atom. The van der Waals surface area contributed by atoms with Gasteiger partial charge in [0, 0.05) is 30.0 Å². The summed E-state index contributed by atoms with van der Waals surface area (Å²) in [7, 11) is 0. The molecule has 0 aliphatic carbocycles. The molecule has 2 aromatic heterocycles. The first-order valence-corrected chi connectivity index (χ1v) is 10.6. The number of thiophene rings is 1. The highest BCUT2D eigenvalue weighted by Gasteiger charge is 2.21. The van der Waals surface area contributed by atoms with Crippen LogP contribution in [0.15, 0.2) is 48.0 Å². The Hall–Kier alpha value is -3.26. The van der Waals surface area contributed by atoms with Crippen molar-refractivity contribution in [2.45, 2.75) is 39.7 Å². The van der Waals surface area contributed by atoms with Crippen molar-refractivity contribution in [1.82, 2.24) is 9.55 Å². The minimum Gasteiger partial charge on any atom is -0.478 e. The van der Waals surface area contributed by atoms with Gasteiger partial charge in [-0.05, 0) is 35.9 Å². The topological polar surface area (TPSA) is 98.3 Å². The number of nitro groups is 1. The smallest absolute Gasteiger partial charge is 0.337 e. The Labute approximate surface area is 178 Å². The normalized spacial score (nSPS) is 11.9. The number of imidazole rings is 1. The molecule has 0 atom stereocenters. The minimum absolute atomic E-state index is 0.0290. The monoisotopic (exact) mass is 425 g/mol. The van der Waals surface area contributed by atoms with Crippen LogP contribution in [0.1, 0.15) is 48.6 Å². The van der Waals surface area contributed by atoms with Crippen LogP contribution in [-0.2, 0) is 17.8 Å². The average molecular weight is 426 g/mol. The number of benzene rings is 1. The van der Waals surface area contributed by atoms with Crippen LogP contribution in [0.4, 0.5) is 5.69 Å². The summed E-state index contributed by atoms with van der Waals surface area (Å²) in [5, 5.41) is 22.8. The first-order chi connectivity index (χ1) is 14.4. The third-order valence-corrected chi connectivity index (χ3v) is 5.78. The van der Waals surface area contributed by atoms with Gasteiger partial charge in [-0.1, -0.05) is 31.5 Å². The van der Waals surface area contributed by atoms with Crippen LogP contribution < -0.4 is 0 Å². The van der Waals surface area contributed by atoms with Crippen LogP contribution in [0.3, 0.4) is 0 Å². The lowest BCUT2D eigenvalue weighted by Gasteiger charge is -2.14.